The Morgan fingerprint density at radius 1 is 1.21 bits per heavy atom. The summed E-state index contributed by atoms with van der Waals surface area (Å²) in [7, 11) is 0. The molecule has 6 heteroatoms. The second kappa shape index (κ2) is 4.74. The fraction of sp³-hybridized carbons (Fsp3) is 0.0769. The Morgan fingerprint density at radius 3 is 2.68 bits per heavy atom. The first-order valence-electron chi connectivity index (χ1n) is 5.46. The predicted octanol–water partition coefficient (Wildman–Crippen LogP) is 3.89. The first-order valence-corrected chi connectivity index (χ1v) is 7.45. The van der Waals surface area contributed by atoms with Gasteiger partial charge in [0, 0.05) is 9.90 Å². The van der Waals surface area contributed by atoms with E-state index in [0.29, 0.717) is 22.8 Å². The molecule has 0 bridgehead atoms. The summed E-state index contributed by atoms with van der Waals surface area (Å²) in [6, 6.07) is 8.79. The lowest BCUT2D eigenvalue weighted by Gasteiger charge is -2.15. The zero-order chi connectivity index (χ0) is 13.6. The molecule has 1 aliphatic rings. The van der Waals surface area contributed by atoms with Gasteiger partial charge >= 0.3 is 0 Å². The zero-order valence-corrected chi connectivity index (χ0v) is 12.7. The molecule has 19 heavy (non-hydrogen) atoms. The van der Waals surface area contributed by atoms with Gasteiger partial charge in [0.2, 0.25) is 0 Å². The molecule has 3 rings (SSSR count). The Labute approximate surface area is 126 Å². The number of halogens is 2. The predicted molar refractivity (Wildman–Crippen MR) is 79.0 cm³/mol. The summed E-state index contributed by atoms with van der Waals surface area (Å²) in [5, 5.41) is 0.459. The molecule has 3 nitrogen and oxygen atoms in total. The number of ketones is 1. The van der Waals surface area contributed by atoms with Gasteiger partial charge < -0.3 is 0 Å². The molecule has 2 aromatic rings. The van der Waals surface area contributed by atoms with Crippen molar-refractivity contribution in [3.8, 4) is 0 Å². The molecule has 2 heterocycles. The van der Waals surface area contributed by atoms with Crippen molar-refractivity contribution < 1.29 is 9.59 Å². The molecule has 0 aliphatic carbocycles. The Hall–Kier alpha value is -1.17. The monoisotopic (exact) mass is 355 g/mol. The Bertz CT molecular complexity index is 698. The summed E-state index contributed by atoms with van der Waals surface area (Å²) < 4.78 is 0.997. The SMILES string of the molecule is O=C1C(=O)N(Cc2ccc(Br)s2)c2ccc(Cl)cc21. The van der Waals surface area contributed by atoms with E-state index in [1.165, 1.54) is 4.90 Å². The van der Waals surface area contributed by atoms with Crippen molar-refractivity contribution in [3.63, 3.8) is 0 Å². The third-order valence-electron chi connectivity index (χ3n) is 2.88. The summed E-state index contributed by atoms with van der Waals surface area (Å²) in [4.78, 5) is 26.4. The Balaban J connectivity index is 1.99. The normalized spacial score (nSPS) is 14.1. The van der Waals surface area contributed by atoms with Gasteiger partial charge in [-0.25, -0.2) is 0 Å². The molecule has 0 saturated carbocycles. The largest absolute Gasteiger partial charge is 0.300 e. The van der Waals surface area contributed by atoms with Gasteiger partial charge in [0.15, 0.2) is 0 Å². The molecule has 1 aromatic carbocycles. The van der Waals surface area contributed by atoms with Crippen LogP contribution in [-0.2, 0) is 11.3 Å². The molecule has 0 unspecified atom stereocenters. The highest BCUT2D eigenvalue weighted by Gasteiger charge is 2.35. The maximum absolute atomic E-state index is 12.0. The summed E-state index contributed by atoms with van der Waals surface area (Å²) >= 11 is 10.8. The highest BCUT2D eigenvalue weighted by atomic mass is 79.9. The van der Waals surface area contributed by atoms with E-state index in [1.807, 2.05) is 12.1 Å². The summed E-state index contributed by atoms with van der Waals surface area (Å²) in [5.74, 6) is -0.991. The molecule has 0 spiro atoms. The number of thiophene rings is 1. The van der Waals surface area contributed by atoms with E-state index in [0.717, 1.165) is 8.66 Å². The van der Waals surface area contributed by atoms with E-state index in [4.69, 9.17) is 11.6 Å². The van der Waals surface area contributed by atoms with E-state index in [2.05, 4.69) is 15.9 Å². The molecule has 0 N–H and O–H groups in total. The number of carbonyl (C=O) groups excluding carboxylic acids is 2. The van der Waals surface area contributed by atoms with Gasteiger partial charge in [0.05, 0.1) is 21.6 Å². The van der Waals surface area contributed by atoms with E-state index in [1.54, 1.807) is 29.5 Å². The van der Waals surface area contributed by atoms with Gasteiger partial charge in [-0.1, -0.05) is 11.6 Å². The Morgan fingerprint density at radius 2 is 2.00 bits per heavy atom. The number of fused-ring (bicyclic) bond motifs is 1. The van der Waals surface area contributed by atoms with E-state index < -0.39 is 11.7 Å². The van der Waals surface area contributed by atoms with Crippen LogP contribution in [0.5, 0.6) is 0 Å². The number of hydrogen-bond acceptors (Lipinski definition) is 3. The summed E-state index contributed by atoms with van der Waals surface area (Å²) in [6.45, 7) is 0.398. The first kappa shape index (κ1) is 12.8. The molecule has 0 radical (unpaired) electrons. The van der Waals surface area contributed by atoms with Crippen LogP contribution in [0.4, 0.5) is 5.69 Å². The second-order valence-corrected chi connectivity index (χ2v) is 7.07. The third-order valence-corrected chi connectivity index (χ3v) is 4.72. The van der Waals surface area contributed by atoms with Crippen LogP contribution in [0.15, 0.2) is 34.1 Å². The lowest BCUT2D eigenvalue weighted by atomic mass is 10.1. The highest BCUT2D eigenvalue weighted by Crippen LogP contribution is 2.33. The lowest BCUT2D eigenvalue weighted by Crippen LogP contribution is -2.28. The second-order valence-electron chi connectivity index (χ2n) is 4.09. The maximum atomic E-state index is 12.0. The molecular formula is C13H7BrClNO2S. The van der Waals surface area contributed by atoms with Crippen LogP contribution in [0.25, 0.3) is 0 Å². The molecule has 0 saturated heterocycles. The minimum absolute atomic E-state index is 0.383. The fourth-order valence-electron chi connectivity index (χ4n) is 2.02. The molecule has 0 atom stereocenters. The van der Waals surface area contributed by atoms with Gasteiger partial charge in [0.25, 0.3) is 11.7 Å². The van der Waals surface area contributed by atoms with Gasteiger partial charge in [0.1, 0.15) is 0 Å². The number of amides is 1. The van der Waals surface area contributed by atoms with Crippen molar-refractivity contribution in [2.24, 2.45) is 0 Å². The molecular weight excluding hydrogens is 350 g/mol. The minimum atomic E-state index is -0.498. The molecule has 1 aromatic heterocycles. The maximum Gasteiger partial charge on any atom is 0.299 e. The van der Waals surface area contributed by atoms with Crippen LogP contribution >= 0.6 is 38.9 Å². The zero-order valence-electron chi connectivity index (χ0n) is 9.52. The van der Waals surface area contributed by atoms with Crippen molar-refractivity contribution >= 4 is 56.2 Å². The smallest absolute Gasteiger partial charge is 0.299 e. The van der Waals surface area contributed by atoms with Crippen molar-refractivity contribution in [3.05, 3.63) is 49.6 Å². The molecule has 1 amide bonds. The van der Waals surface area contributed by atoms with E-state index in [9.17, 15) is 9.59 Å². The van der Waals surface area contributed by atoms with Crippen LogP contribution in [0.1, 0.15) is 15.2 Å². The third kappa shape index (κ3) is 2.22. The standard InChI is InChI=1S/C13H7BrClNO2S/c14-11-4-2-8(19-11)6-16-10-3-1-7(15)5-9(10)12(17)13(16)18/h1-5H,6H2. The number of Topliss-reactive ketones (excluding diaryl/α,β-unsaturated/α-hetero) is 1. The lowest BCUT2D eigenvalue weighted by molar-refractivity contribution is -0.114. The number of rotatable bonds is 2. The van der Waals surface area contributed by atoms with Gasteiger partial charge in [-0.2, -0.15) is 0 Å². The van der Waals surface area contributed by atoms with E-state index >= 15 is 0 Å². The van der Waals surface area contributed by atoms with Crippen LogP contribution in [0, 0.1) is 0 Å². The van der Waals surface area contributed by atoms with Crippen molar-refractivity contribution in [2.75, 3.05) is 4.90 Å². The average Bonchev–Trinajstić information content (AvgIpc) is 2.88. The van der Waals surface area contributed by atoms with Crippen LogP contribution < -0.4 is 4.90 Å². The van der Waals surface area contributed by atoms with Crippen molar-refractivity contribution in [2.45, 2.75) is 6.54 Å². The molecule has 96 valence electrons. The first-order chi connectivity index (χ1) is 9.06. The number of carbonyl (C=O) groups is 2. The number of hydrogen-bond donors (Lipinski definition) is 0. The van der Waals surface area contributed by atoms with E-state index in [-0.39, 0.29) is 0 Å². The minimum Gasteiger partial charge on any atom is -0.300 e. The van der Waals surface area contributed by atoms with Crippen LogP contribution in [0.2, 0.25) is 5.02 Å². The number of anilines is 1. The fourth-order valence-corrected chi connectivity index (χ4v) is 3.67. The van der Waals surface area contributed by atoms with Gasteiger partial charge in [-0.05, 0) is 46.3 Å². The van der Waals surface area contributed by atoms with Gasteiger partial charge in [-0.3, -0.25) is 14.5 Å². The van der Waals surface area contributed by atoms with Crippen molar-refractivity contribution in [1.82, 2.24) is 0 Å². The van der Waals surface area contributed by atoms with Crippen LogP contribution in [0.3, 0.4) is 0 Å². The topological polar surface area (TPSA) is 37.4 Å². The summed E-state index contributed by atoms with van der Waals surface area (Å²) in [6.07, 6.45) is 0. The number of benzene rings is 1. The molecule has 0 fully saturated rings. The molecule has 1 aliphatic heterocycles. The summed E-state index contributed by atoms with van der Waals surface area (Å²) in [5.41, 5.74) is 1.01. The average molecular weight is 357 g/mol. The number of nitrogens with zero attached hydrogens (tertiary/aromatic N) is 1. The highest BCUT2D eigenvalue weighted by molar-refractivity contribution is 9.11. The quantitative estimate of drug-likeness (QED) is 0.766. The van der Waals surface area contributed by atoms with Gasteiger partial charge in [-0.15, -0.1) is 11.3 Å². The van der Waals surface area contributed by atoms with Crippen LogP contribution in [-0.4, -0.2) is 11.7 Å². The Kier molecular flexibility index (Phi) is 3.20. The van der Waals surface area contributed by atoms with Crippen molar-refractivity contribution in [1.29, 1.82) is 0 Å².